The van der Waals surface area contributed by atoms with Crippen LogP contribution in [0.1, 0.15) is 19.4 Å². The van der Waals surface area contributed by atoms with Crippen LogP contribution in [0.3, 0.4) is 0 Å². The Bertz CT molecular complexity index is 468. The number of phenols is 1. The molecule has 0 fully saturated rings. The van der Waals surface area contributed by atoms with Crippen LogP contribution in [0.2, 0.25) is 0 Å². The Balaban J connectivity index is 2.53. The number of hydrogen-bond acceptors (Lipinski definition) is 4. The van der Waals surface area contributed by atoms with Gasteiger partial charge >= 0.3 is 0 Å². The quantitative estimate of drug-likeness (QED) is 0.477. The van der Waals surface area contributed by atoms with Gasteiger partial charge in [0.1, 0.15) is 11.5 Å². The van der Waals surface area contributed by atoms with E-state index in [2.05, 4.69) is 4.99 Å². The fourth-order valence-electron chi connectivity index (χ4n) is 1.45. The van der Waals surface area contributed by atoms with Crippen molar-refractivity contribution >= 4 is 12.0 Å². The molecular formula is C14H17NO3. The van der Waals surface area contributed by atoms with Crippen LogP contribution < -0.4 is 0 Å². The molecule has 1 aromatic rings. The molecule has 1 rings (SSSR count). The molecule has 96 valence electrons. The van der Waals surface area contributed by atoms with Crippen molar-refractivity contribution in [1.29, 1.82) is 0 Å². The molecule has 0 aliphatic carbocycles. The number of Topliss-reactive ketones (excluding diaryl/α,β-unsaturated/α-hetero) is 1. The molecule has 0 saturated carbocycles. The van der Waals surface area contributed by atoms with Crippen LogP contribution >= 0.6 is 0 Å². The molecule has 2 N–H and O–H groups in total. The predicted molar refractivity (Wildman–Crippen MR) is 71.2 cm³/mol. The van der Waals surface area contributed by atoms with Crippen molar-refractivity contribution in [3.8, 4) is 5.75 Å². The summed E-state index contributed by atoms with van der Waals surface area (Å²) in [6, 6.07) is 6.89. The number of aliphatic hydroxyl groups is 1. The van der Waals surface area contributed by atoms with Crippen molar-refractivity contribution in [3.63, 3.8) is 0 Å². The van der Waals surface area contributed by atoms with E-state index < -0.39 is 0 Å². The number of nitrogens with zero attached hydrogens (tertiary/aromatic N) is 1. The van der Waals surface area contributed by atoms with Crippen molar-refractivity contribution in [2.45, 2.75) is 20.3 Å². The van der Waals surface area contributed by atoms with Gasteiger partial charge < -0.3 is 10.2 Å². The maximum Gasteiger partial charge on any atom is 0.164 e. The average Bonchev–Trinajstić information content (AvgIpc) is 2.30. The third-order valence-corrected chi connectivity index (χ3v) is 2.46. The zero-order valence-corrected chi connectivity index (χ0v) is 10.6. The number of carbonyl (C=O) groups is 1. The molecule has 4 heteroatoms. The van der Waals surface area contributed by atoms with Gasteiger partial charge in [-0.3, -0.25) is 9.79 Å². The second-order valence-corrected chi connectivity index (χ2v) is 4.01. The summed E-state index contributed by atoms with van der Waals surface area (Å²) >= 11 is 0. The Morgan fingerprint density at radius 3 is 2.39 bits per heavy atom. The Hall–Kier alpha value is -2.10. The Labute approximate surface area is 106 Å². The van der Waals surface area contributed by atoms with Crippen LogP contribution in [0.15, 0.2) is 40.6 Å². The molecule has 0 saturated heterocycles. The van der Waals surface area contributed by atoms with Gasteiger partial charge in [-0.2, -0.15) is 0 Å². The first-order chi connectivity index (χ1) is 8.50. The number of aliphatic hydroxyl groups excluding tert-OH is 1. The van der Waals surface area contributed by atoms with E-state index in [1.807, 2.05) is 12.1 Å². The summed E-state index contributed by atoms with van der Waals surface area (Å²) in [6.45, 7) is 3.37. The number of phenolic OH excluding ortho intramolecular Hbond substituents is 1. The highest BCUT2D eigenvalue weighted by Gasteiger charge is 2.03. The molecule has 0 radical (unpaired) electrons. The van der Waals surface area contributed by atoms with E-state index in [4.69, 9.17) is 5.11 Å². The summed E-state index contributed by atoms with van der Waals surface area (Å²) in [5, 5.41) is 18.4. The lowest BCUT2D eigenvalue weighted by molar-refractivity contribution is -0.113. The topological polar surface area (TPSA) is 69.9 Å². The lowest BCUT2D eigenvalue weighted by Gasteiger charge is -2.00. The van der Waals surface area contributed by atoms with Crippen LogP contribution in [0.4, 0.5) is 0 Å². The summed E-state index contributed by atoms with van der Waals surface area (Å²) in [7, 11) is 0. The molecule has 0 aromatic heterocycles. The largest absolute Gasteiger partial charge is 0.512 e. The standard InChI is InChI=1S/C14H17NO3/c1-10(16)14(11(2)17)9-15-8-7-12-3-5-13(18)6-4-12/h3-6,9,16,18H,7-8H2,1-2H3/b14-10+,15-9?. The molecule has 0 spiro atoms. The number of ketones is 1. The zero-order valence-electron chi connectivity index (χ0n) is 10.6. The van der Waals surface area contributed by atoms with Crippen LogP contribution in [0.25, 0.3) is 0 Å². The average molecular weight is 247 g/mol. The predicted octanol–water partition coefficient (Wildman–Crippen LogP) is 2.43. The Morgan fingerprint density at radius 1 is 1.28 bits per heavy atom. The fourth-order valence-corrected chi connectivity index (χ4v) is 1.45. The van der Waals surface area contributed by atoms with Gasteiger partial charge in [0, 0.05) is 12.8 Å². The van der Waals surface area contributed by atoms with Crippen LogP contribution in [0, 0.1) is 0 Å². The summed E-state index contributed by atoms with van der Waals surface area (Å²) in [6.07, 6.45) is 2.12. The minimum atomic E-state index is -0.205. The molecule has 0 unspecified atom stereocenters. The summed E-state index contributed by atoms with van der Waals surface area (Å²) in [5.74, 6) is 0.0132. The van der Waals surface area contributed by atoms with Gasteiger partial charge in [-0.25, -0.2) is 0 Å². The van der Waals surface area contributed by atoms with E-state index in [9.17, 15) is 9.90 Å². The molecule has 18 heavy (non-hydrogen) atoms. The van der Waals surface area contributed by atoms with Gasteiger partial charge in [-0.1, -0.05) is 12.1 Å². The van der Waals surface area contributed by atoms with Crippen molar-refractivity contribution in [3.05, 3.63) is 41.2 Å². The van der Waals surface area contributed by atoms with Gasteiger partial charge in [0.05, 0.1) is 5.57 Å². The van der Waals surface area contributed by atoms with Crippen LogP contribution in [-0.4, -0.2) is 28.8 Å². The number of hydrogen-bond donors (Lipinski definition) is 2. The maximum atomic E-state index is 11.2. The van der Waals surface area contributed by atoms with Crippen LogP contribution in [-0.2, 0) is 11.2 Å². The number of aromatic hydroxyl groups is 1. The Morgan fingerprint density at radius 2 is 1.89 bits per heavy atom. The van der Waals surface area contributed by atoms with Crippen molar-refractivity contribution < 1.29 is 15.0 Å². The first-order valence-corrected chi connectivity index (χ1v) is 5.69. The van der Waals surface area contributed by atoms with E-state index in [-0.39, 0.29) is 22.9 Å². The van der Waals surface area contributed by atoms with Crippen molar-refractivity contribution in [2.75, 3.05) is 6.54 Å². The lowest BCUT2D eigenvalue weighted by atomic mass is 10.1. The molecule has 0 bridgehead atoms. The van der Waals surface area contributed by atoms with E-state index in [1.165, 1.54) is 20.1 Å². The van der Waals surface area contributed by atoms with E-state index in [0.29, 0.717) is 13.0 Å². The molecule has 0 heterocycles. The second kappa shape index (κ2) is 6.59. The molecule has 0 aliphatic heterocycles. The number of carbonyl (C=O) groups excluding carboxylic acids is 1. The lowest BCUT2D eigenvalue weighted by Crippen LogP contribution is -2.02. The minimum absolute atomic E-state index is 0.0177. The molecular weight excluding hydrogens is 230 g/mol. The molecule has 1 aromatic carbocycles. The maximum absolute atomic E-state index is 11.2. The Kier molecular flexibility index (Phi) is 5.11. The van der Waals surface area contributed by atoms with Gasteiger partial charge in [-0.05, 0) is 38.0 Å². The third kappa shape index (κ3) is 4.41. The molecule has 0 atom stereocenters. The third-order valence-electron chi connectivity index (χ3n) is 2.46. The zero-order chi connectivity index (χ0) is 13.5. The first-order valence-electron chi connectivity index (χ1n) is 5.69. The van der Waals surface area contributed by atoms with E-state index >= 15 is 0 Å². The van der Waals surface area contributed by atoms with Crippen molar-refractivity contribution in [1.82, 2.24) is 0 Å². The normalized spacial score (nSPS) is 12.6. The fraction of sp³-hybridized carbons (Fsp3) is 0.286. The molecule has 4 nitrogen and oxygen atoms in total. The van der Waals surface area contributed by atoms with Gasteiger partial charge in [-0.15, -0.1) is 0 Å². The number of aliphatic imine (C=N–C) groups is 1. The molecule has 0 aliphatic rings. The van der Waals surface area contributed by atoms with E-state index in [1.54, 1.807) is 12.1 Å². The first kappa shape index (κ1) is 14.0. The van der Waals surface area contributed by atoms with Gasteiger partial charge in [0.2, 0.25) is 0 Å². The smallest absolute Gasteiger partial charge is 0.164 e. The number of benzene rings is 1. The highest BCUT2D eigenvalue weighted by Crippen LogP contribution is 2.10. The minimum Gasteiger partial charge on any atom is -0.512 e. The van der Waals surface area contributed by atoms with Crippen molar-refractivity contribution in [2.24, 2.45) is 4.99 Å². The van der Waals surface area contributed by atoms with Gasteiger partial charge in [0.25, 0.3) is 0 Å². The highest BCUT2D eigenvalue weighted by molar-refractivity contribution is 6.12. The summed E-state index contributed by atoms with van der Waals surface area (Å²) in [4.78, 5) is 15.3. The number of rotatable bonds is 5. The summed E-state index contributed by atoms with van der Waals surface area (Å²) in [5.41, 5.74) is 1.29. The SMILES string of the molecule is CC(=O)/C(C=NCCc1ccc(O)cc1)=C(\C)O. The molecule has 0 amide bonds. The second-order valence-electron chi connectivity index (χ2n) is 4.01. The summed E-state index contributed by atoms with van der Waals surface area (Å²) < 4.78 is 0. The highest BCUT2D eigenvalue weighted by atomic mass is 16.3. The van der Waals surface area contributed by atoms with Crippen LogP contribution in [0.5, 0.6) is 5.75 Å². The monoisotopic (exact) mass is 247 g/mol. The number of allylic oxidation sites excluding steroid dienone is 2. The van der Waals surface area contributed by atoms with E-state index in [0.717, 1.165) is 5.56 Å². The van der Waals surface area contributed by atoms with Gasteiger partial charge in [0.15, 0.2) is 5.78 Å².